The molecule has 0 aliphatic carbocycles. The molecule has 0 spiro atoms. The Kier molecular flexibility index (Phi) is 4.76. The zero-order valence-electron chi connectivity index (χ0n) is 13.1. The predicted molar refractivity (Wildman–Crippen MR) is 90.7 cm³/mol. The largest absolute Gasteiger partial charge is 0.508 e. The van der Waals surface area contributed by atoms with E-state index in [9.17, 15) is 20.0 Å². The van der Waals surface area contributed by atoms with Crippen LogP contribution in [-0.4, -0.2) is 22.5 Å². The normalized spacial score (nSPS) is 15.8. The van der Waals surface area contributed by atoms with Gasteiger partial charge < -0.3 is 15.2 Å². The summed E-state index contributed by atoms with van der Waals surface area (Å²) < 4.78 is 5.58. The standard InChI is InChI=1S/C17H15ClN2O5/c18-13-1-4-16-10(6-13)5-12(9-25-16)17(22)19-8-11-7-14(20(23)24)2-3-15(11)21/h1-4,6-7,12,21H,5,8-9H2,(H,19,22)/t12-/m1/s1. The van der Waals surface area contributed by atoms with Crippen molar-refractivity contribution < 1.29 is 19.6 Å². The monoisotopic (exact) mass is 362 g/mol. The van der Waals surface area contributed by atoms with E-state index >= 15 is 0 Å². The van der Waals surface area contributed by atoms with E-state index in [4.69, 9.17) is 16.3 Å². The number of carbonyl (C=O) groups excluding carboxylic acids is 1. The first-order valence-electron chi connectivity index (χ1n) is 7.59. The van der Waals surface area contributed by atoms with Crippen LogP contribution < -0.4 is 10.1 Å². The van der Waals surface area contributed by atoms with Gasteiger partial charge in [-0.15, -0.1) is 0 Å². The topological polar surface area (TPSA) is 102 Å². The zero-order chi connectivity index (χ0) is 18.0. The van der Waals surface area contributed by atoms with Crippen molar-refractivity contribution in [2.24, 2.45) is 5.92 Å². The molecule has 0 aromatic heterocycles. The molecule has 1 aliphatic heterocycles. The van der Waals surface area contributed by atoms with Crippen molar-refractivity contribution in [1.82, 2.24) is 5.32 Å². The highest BCUT2D eigenvalue weighted by molar-refractivity contribution is 6.30. The van der Waals surface area contributed by atoms with Crippen molar-refractivity contribution in [3.63, 3.8) is 0 Å². The number of non-ortho nitro benzene ring substituents is 1. The van der Waals surface area contributed by atoms with Gasteiger partial charge in [-0.05, 0) is 36.2 Å². The summed E-state index contributed by atoms with van der Waals surface area (Å²) in [6.45, 7) is 0.229. The number of ether oxygens (including phenoxy) is 1. The molecule has 1 amide bonds. The van der Waals surface area contributed by atoms with E-state index < -0.39 is 10.8 Å². The summed E-state index contributed by atoms with van der Waals surface area (Å²) >= 11 is 5.96. The summed E-state index contributed by atoms with van der Waals surface area (Å²) in [6, 6.07) is 8.95. The zero-order valence-corrected chi connectivity index (χ0v) is 13.8. The van der Waals surface area contributed by atoms with Crippen molar-refractivity contribution in [2.75, 3.05) is 6.61 Å². The number of nitro groups is 1. The lowest BCUT2D eigenvalue weighted by Crippen LogP contribution is -2.37. The second-order valence-corrected chi connectivity index (χ2v) is 6.19. The van der Waals surface area contributed by atoms with Crippen LogP contribution in [0.4, 0.5) is 5.69 Å². The minimum absolute atomic E-state index is 0.00868. The molecule has 0 unspecified atom stereocenters. The number of carbonyl (C=O) groups is 1. The van der Waals surface area contributed by atoms with Crippen molar-refractivity contribution in [3.05, 3.63) is 62.7 Å². The molecule has 3 rings (SSSR count). The lowest BCUT2D eigenvalue weighted by Gasteiger charge is -2.24. The van der Waals surface area contributed by atoms with Gasteiger partial charge in [-0.2, -0.15) is 0 Å². The molecule has 1 atom stereocenters. The maximum Gasteiger partial charge on any atom is 0.270 e. The highest BCUT2D eigenvalue weighted by Gasteiger charge is 2.26. The molecule has 1 aliphatic rings. The third kappa shape index (κ3) is 3.83. The Bertz CT molecular complexity index is 840. The first-order valence-corrected chi connectivity index (χ1v) is 7.97. The fourth-order valence-corrected chi connectivity index (χ4v) is 2.88. The van der Waals surface area contributed by atoms with Crippen LogP contribution in [-0.2, 0) is 17.8 Å². The van der Waals surface area contributed by atoms with E-state index in [-0.39, 0.29) is 36.1 Å². The number of nitrogens with zero attached hydrogens (tertiary/aromatic N) is 1. The Labute approximate surface area is 148 Å². The van der Waals surface area contributed by atoms with Crippen LogP contribution in [0.15, 0.2) is 36.4 Å². The number of nitrogens with one attached hydrogen (secondary N) is 1. The van der Waals surface area contributed by atoms with Gasteiger partial charge in [-0.1, -0.05) is 11.6 Å². The maximum atomic E-state index is 12.4. The number of amides is 1. The van der Waals surface area contributed by atoms with Crippen molar-refractivity contribution in [1.29, 1.82) is 0 Å². The number of halogens is 1. The summed E-state index contributed by atoms with van der Waals surface area (Å²) in [5, 5.41) is 23.9. The molecule has 25 heavy (non-hydrogen) atoms. The third-order valence-corrected chi connectivity index (χ3v) is 4.26. The molecule has 2 aromatic carbocycles. The molecule has 130 valence electrons. The third-order valence-electron chi connectivity index (χ3n) is 4.03. The second-order valence-electron chi connectivity index (χ2n) is 5.75. The van der Waals surface area contributed by atoms with Crippen molar-refractivity contribution in [2.45, 2.75) is 13.0 Å². The average Bonchev–Trinajstić information content (AvgIpc) is 2.59. The molecule has 2 aromatic rings. The number of benzene rings is 2. The molecular formula is C17H15ClN2O5. The first-order chi connectivity index (χ1) is 11.9. The highest BCUT2D eigenvalue weighted by Crippen LogP contribution is 2.30. The Morgan fingerprint density at radius 2 is 2.16 bits per heavy atom. The van der Waals surface area contributed by atoms with Gasteiger partial charge in [-0.3, -0.25) is 14.9 Å². The van der Waals surface area contributed by atoms with Crippen LogP contribution in [0.2, 0.25) is 5.02 Å². The summed E-state index contributed by atoms with van der Waals surface area (Å²) in [7, 11) is 0. The van der Waals surface area contributed by atoms with E-state index in [0.717, 1.165) is 5.56 Å². The van der Waals surface area contributed by atoms with Gasteiger partial charge in [0.05, 0.1) is 10.8 Å². The molecule has 0 saturated carbocycles. The summed E-state index contributed by atoms with van der Waals surface area (Å²) in [4.78, 5) is 22.6. The minimum atomic E-state index is -0.555. The molecule has 7 nitrogen and oxygen atoms in total. The minimum Gasteiger partial charge on any atom is -0.508 e. The van der Waals surface area contributed by atoms with Crippen LogP contribution in [0.1, 0.15) is 11.1 Å². The number of phenols is 1. The lowest BCUT2D eigenvalue weighted by atomic mass is 9.96. The van der Waals surface area contributed by atoms with Gasteiger partial charge >= 0.3 is 0 Å². The number of hydrogen-bond acceptors (Lipinski definition) is 5. The lowest BCUT2D eigenvalue weighted by molar-refractivity contribution is -0.384. The van der Waals surface area contributed by atoms with Gasteiger partial charge in [0.1, 0.15) is 18.1 Å². The summed E-state index contributed by atoms with van der Waals surface area (Å²) in [6.07, 6.45) is 0.489. The van der Waals surface area contributed by atoms with Crippen LogP contribution in [0.5, 0.6) is 11.5 Å². The quantitative estimate of drug-likeness (QED) is 0.643. The fraction of sp³-hybridized carbons (Fsp3) is 0.235. The first kappa shape index (κ1) is 17.0. The van der Waals surface area contributed by atoms with E-state index in [1.807, 2.05) is 0 Å². The predicted octanol–water partition coefficient (Wildman–Crippen LogP) is 2.82. The average molecular weight is 363 g/mol. The van der Waals surface area contributed by atoms with E-state index in [1.54, 1.807) is 18.2 Å². The van der Waals surface area contributed by atoms with Gasteiger partial charge in [-0.25, -0.2) is 0 Å². The van der Waals surface area contributed by atoms with Gasteiger partial charge in [0, 0.05) is 29.3 Å². The Morgan fingerprint density at radius 1 is 1.36 bits per heavy atom. The molecule has 0 saturated heterocycles. The van der Waals surface area contributed by atoms with Crippen LogP contribution in [0.25, 0.3) is 0 Å². The number of nitro benzene ring substituents is 1. The SMILES string of the molecule is O=C(NCc1cc([N+](=O)[O-])ccc1O)[C@H]1COc2ccc(Cl)cc2C1. The number of rotatable bonds is 4. The van der Waals surface area contributed by atoms with Crippen molar-refractivity contribution in [3.8, 4) is 11.5 Å². The maximum absolute atomic E-state index is 12.4. The Balaban J connectivity index is 1.66. The molecular weight excluding hydrogens is 348 g/mol. The molecule has 0 bridgehead atoms. The van der Waals surface area contributed by atoms with E-state index in [1.165, 1.54) is 18.2 Å². The smallest absolute Gasteiger partial charge is 0.270 e. The molecule has 1 heterocycles. The Morgan fingerprint density at radius 3 is 2.92 bits per heavy atom. The van der Waals surface area contributed by atoms with Gasteiger partial charge in [0.2, 0.25) is 5.91 Å². The van der Waals surface area contributed by atoms with Crippen LogP contribution >= 0.6 is 11.6 Å². The number of aromatic hydroxyl groups is 1. The van der Waals surface area contributed by atoms with Gasteiger partial charge in [0.15, 0.2) is 0 Å². The van der Waals surface area contributed by atoms with Crippen LogP contribution in [0.3, 0.4) is 0 Å². The molecule has 8 heteroatoms. The summed E-state index contributed by atoms with van der Waals surface area (Å²) in [5.41, 5.74) is 0.992. The fourth-order valence-electron chi connectivity index (χ4n) is 2.69. The second kappa shape index (κ2) is 6.98. The molecule has 0 fully saturated rings. The number of hydrogen-bond donors (Lipinski definition) is 2. The van der Waals surface area contributed by atoms with Gasteiger partial charge in [0.25, 0.3) is 5.69 Å². The van der Waals surface area contributed by atoms with E-state index in [0.29, 0.717) is 17.2 Å². The van der Waals surface area contributed by atoms with Crippen molar-refractivity contribution >= 4 is 23.2 Å². The van der Waals surface area contributed by atoms with E-state index in [2.05, 4.69) is 5.32 Å². The number of fused-ring (bicyclic) bond motifs is 1. The molecule has 0 radical (unpaired) electrons. The Hall–Kier alpha value is -2.80. The summed E-state index contributed by atoms with van der Waals surface area (Å²) in [5.74, 6) is -0.0453. The highest BCUT2D eigenvalue weighted by atomic mass is 35.5. The number of phenolic OH excluding ortho intramolecular Hbond substituents is 1. The van der Waals surface area contributed by atoms with Crippen LogP contribution in [0, 0.1) is 16.0 Å². The molecule has 2 N–H and O–H groups in total.